The molecular weight excluding hydrogens is 522 g/mol. The van der Waals surface area contributed by atoms with Crippen LogP contribution in [0.25, 0.3) is 0 Å². The molecule has 7 atom stereocenters. The molecule has 0 radical (unpaired) electrons. The Morgan fingerprint density at radius 1 is 1.12 bits per heavy atom. The quantitative estimate of drug-likeness (QED) is 0.424. The van der Waals surface area contributed by atoms with E-state index in [1.54, 1.807) is 24.3 Å². The maximum Gasteiger partial charge on any atom is 0.250 e. The second-order valence-corrected chi connectivity index (χ2v) is 11.9. The van der Waals surface area contributed by atoms with E-state index < -0.39 is 35.1 Å². The molecule has 3 heterocycles. The summed E-state index contributed by atoms with van der Waals surface area (Å²) in [6.07, 6.45) is 0.907. The van der Waals surface area contributed by atoms with Crippen molar-refractivity contribution in [1.82, 2.24) is 4.90 Å². The van der Waals surface area contributed by atoms with Crippen molar-refractivity contribution < 1.29 is 29.0 Å². The van der Waals surface area contributed by atoms with Gasteiger partial charge in [0.2, 0.25) is 17.7 Å². The van der Waals surface area contributed by atoms with E-state index in [1.165, 1.54) is 4.90 Å². The van der Waals surface area contributed by atoms with E-state index in [0.717, 1.165) is 11.1 Å². The summed E-state index contributed by atoms with van der Waals surface area (Å²) >= 11 is 0. The second kappa shape index (κ2) is 10.8. The van der Waals surface area contributed by atoms with Crippen LogP contribution >= 0.6 is 0 Å². The van der Waals surface area contributed by atoms with Crippen LogP contribution in [0.5, 0.6) is 5.75 Å². The molecule has 3 fully saturated rings. The maximum absolute atomic E-state index is 14.3. The van der Waals surface area contributed by atoms with E-state index in [9.17, 15) is 19.5 Å². The molecule has 41 heavy (non-hydrogen) atoms. The predicted molar refractivity (Wildman–Crippen MR) is 156 cm³/mol. The Labute approximate surface area is 241 Å². The molecule has 5 rings (SSSR count). The first-order valence-corrected chi connectivity index (χ1v) is 14.6. The highest BCUT2D eigenvalue weighted by molar-refractivity contribution is 6.05. The third-order valence-electron chi connectivity index (χ3n) is 9.44. The molecule has 3 unspecified atom stereocenters. The van der Waals surface area contributed by atoms with Gasteiger partial charge < -0.3 is 30.1 Å². The number of aliphatic hydroxyl groups excluding tert-OH is 1. The van der Waals surface area contributed by atoms with Gasteiger partial charge in [-0.1, -0.05) is 26.0 Å². The number of hydrogen-bond donors (Lipinski definition) is 3. The number of likely N-dealkylation sites (tertiary alicyclic amines) is 1. The lowest BCUT2D eigenvalue weighted by Crippen LogP contribution is -2.56. The Morgan fingerprint density at radius 2 is 1.83 bits per heavy atom. The monoisotopic (exact) mass is 563 g/mol. The van der Waals surface area contributed by atoms with Crippen molar-refractivity contribution in [2.45, 2.75) is 77.7 Å². The minimum Gasteiger partial charge on any atom is -0.494 e. The summed E-state index contributed by atoms with van der Waals surface area (Å²) in [4.78, 5) is 44.0. The van der Waals surface area contributed by atoms with Crippen LogP contribution in [0.2, 0.25) is 0 Å². The largest absolute Gasteiger partial charge is 0.494 e. The van der Waals surface area contributed by atoms with Crippen LogP contribution in [0.1, 0.15) is 51.7 Å². The van der Waals surface area contributed by atoms with Gasteiger partial charge in [-0.25, -0.2) is 0 Å². The minimum absolute atomic E-state index is 0.0900. The highest BCUT2D eigenvalue weighted by Gasteiger charge is 2.80. The molecule has 9 nitrogen and oxygen atoms in total. The standard InChI is InChI=1S/C32H41N3O6/c1-7-22(17-36)35-27(29(38)34-24-15-18(3)9-10-19(24)4)32-16-20(5)31(6,41-32)25(26(32)30(35)39)28(37)33-21-11-13-23(14-12-21)40-8-2/h9-15,20,22,25-27,36H,7-8,16-17H2,1-6H3,(H,33,37)(H,34,38)/t20?,22-,25-,26-,27?,31+,32?/m0/s1. The number of aliphatic hydroxyl groups is 1. The van der Waals surface area contributed by atoms with E-state index in [-0.39, 0.29) is 30.2 Å². The van der Waals surface area contributed by atoms with Crippen molar-refractivity contribution in [2.24, 2.45) is 17.8 Å². The van der Waals surface area contributed by atoms with Gasteiger partial charge in [0.25, 0.3) is 0 Å². The van der Waals surface area contributed by atoms with Crippen LogP contribution in [-0.2, 0) is 19.1 Å². The molecule has 0 aliphatic carbocycles. The molecule has 0 aromatic heterocycles. The molecule has 3 aliphatic rings. The minimum atomic E-state index is -1.20. The van der Waals surface area contributed by atoms with E-state index in [2.05, 4.69) is 10.6 Å². The highest BCUT2D eigenvalue weighted by Crippen LogP contribution is 2.65. The molecule has 1 spiro atoms. The van der Waals surface area contributed by atoms with Crippen molar-refractivity contribution in [2.75, 3.05) is 23.8 Å². The first kappa shape index (κ1) is 29.1. The number of nitrogens with zero attached hydrogens (tertiary/aromatic N) is 1. The third-order valence-corrected chi connectivity index (χ3v) is 9.44. The number of amides is 3. The fourth-order valence-electron chi connectivity index (χ4n) is 7.28. The number of anilines is 2. The maximum atomic E-state index is 14.3. The molecule has 3 amide bonds. The summed E-state index contributed by atoms with van der Waals surface area (Å²) in [5.41, 5.74) is 0.994. The molecule has 9 heteroatoms. The number of benzene rings is 2. The van der Waals surface area contributed by atoms with Crippen LogP contribution in [-0.4, -0.2) is 64.2 Å². The number of hydrogen-bond acceptors (Lipinski definition) is 6. The van der Waals surface area contributed by atoms with E-state index in [1.807, 2.05) is 59.7 Å². The second-order valence-electron chi connectivity index (χ2n) is 11.9. The van der Waals surface area contributed by atoms with Crippen molar-refractivity contribution in [3.63, 3.8) is 0 Å². The molecule has 220 valence electrons. The van der Waals surface area contributed by atoms with Crippen molar-refractivity contribution in [3.8, 4) is 5.75 Å². The van der Waals surface area contributed by atoms with Gasteiger partial charge in [0, 0.05) is 11.4 Å². The number of aryl methyl sites for hydroxylation is 2. The molecule has 2 aromatic rings. The average molecular weight is 564 g/mol. The van der Waals surface area contributed by atoms with Gasteiger partial charge >= 0.3 is 0 Å². The number of rotatable bonds is 9. The number of carbonyl (C=O) groups excluding carboxylic acids is 3. The van der Waals surface area contributed by atoms with Gasteiger partial charge in [-0.15, -0.1) is 0 Å². The predicted octanol–water partition coefficient (Wildman–Crippen LogP) is 4.06. The van der Waals surface area contributed by atoms with E-state index >= 15 is 0 Å². The van der Waals surface area contributed by atoms with Crippen molar-refractivity contribution in [1.29, 1.82) is 0 Å². The molecule has 3 saturated heterocycles. The van der Waals surface area contributed by atoms with Crippen LogP contribution in [0.3, 0.4) is 0 Å². The first-order valence-electron chi connectivity index (χ1n) is 14.6. The van der Waals surface area contributed by atoms with Crippen molar-refractivity contribution in [3.05, 3.63) is 53.6 Å². The van der Waals surface area contributed by atoms with Crippen LogP contribution in [0, 0.1) is 31.6 Å². The lowest BCUT2D eigenvalue weighted by Gasteiger charge is -2.36. The fraction of sp³-hybridized carbons (Fsp3) is 0.531. The summed E-state index contributed by atoms with van der Waals surface area (Å²) in [5.74, 6) is -2.09. The molecule has 2 aromatic carbocycles. The number of ether oxygens (including phenoxy) is 2. The Balaban J connectivity index is 1.53. The topological polar surface area (TPSA) is 117 Å². The van der Waals surface area contributed by atoms with Gasteiger partial charge in [-0.05, 0) is 87.9 Å². The smallest absolute Gasteiger partial charge is 0.250 e. The van der Waals surface area contributed by atoms with Gasteiger partial charge in [0.15, 0.2) is 0 Å². The van der Waals surface area contributed by atoms with Crippen LogP contribution < -0.4 is 15.4 Å². The third kappa shape index (κ3) is 4.59. The summed E-state index contributed by atoms with van der Waals surface area (Å²) in [7, 11) is 0. The SMILES string of the molecule is CCOc1ccc(NC(=O)[C@@H]2[C@H]3C(=O)N([C@@H](CC)CO)C(C(=O)Nc4cc(C)ccc4C)C34CC(C)[C@@]2(C)O4)cc1. The van der Waals surface area contributed by atoms with Gasteiger partial charge in [-0.2, -0.15) is 0 Å². The Morgan fingerprint density at radius 3 is 2.46 bits per heavy atom. The molecule has 3 aliphatic heterocycles. The molecule has 2 bridgehead atoms. The normalized spacial score (nSPS) is 30.7. The number of nitrogens with one attached hydrogen (secondary N) is 2. The Kier molecular flexibility index (Phi) is 7.63. The summed E-state index contributed by atoms with van der Waals surface area (Å²) in [6.45, 7) is 11.8. The van der Waals surface area contributed by atoms with E-state index in [0.29, 0.717) is 36.6 Å². The van der Waals surface area contributed by atoms with Crippen LogP contribution in [0.15, 0.2) is 42.5 Å². The van der Waals surface area contributed by atoms with Gasteiger partial charge in [0.05, 0.1) is 36.7 Å². The lowest BCUT2D eigenvalue weighted by atomic mass is 9.62. The average Bonchev–Trinajstić information content (AvgIpc) is 3.45. The number of fused-ring (bicyclic) bond motifs is 1. The Bertz CT molecular complexity index is 1340. The molecule has 3 N–H and O–H groups in total. The number of carbonyl (C=O) groups is 3. The fourth-order valence-corrected chi connectivity index (χ4v) is 7.28. The molecular formula is C32H41N3O6. The zero-order chi connectivity index (χ0) is 29.7. The Hall–Kier alpha value is -3.43. The molecule has 0 saturated carbocycles. The summed E-state index contributed by atoms with van der Waals surface area (Å²) < 4.78 is 12.3. The highest BCUT2D eigenvalue weighted by atomic mass is 16.5. The zero-order valence-electron chi connectivity index (χ0n) is 24.7. The van der Waals surface area contributed by atoms with Crippen LogP contribution in [0.4, 0.5) is 11.4 Å². The summed E-state index contributed by atoms with van der Waals surface area (Å²) in [5, 5.41) is 16.3. The first-order chi connectivity index (χ1) is 19.5. The van der Waals surface area contributed by atoms with E-state index in [4.69, 9.17) is 9.47 Å². The zero-order valence-corrected chi connectivity index (χ0v) is 24.7. The van der Waals surface area contributed by atoms with Gasteiger partial charge in [-0.3, -0.25) is 14.4 Å². The van der Waals surface area contributed by atoms with Crippen molar-refractivity contribution >= 4 is 29.1 Å². The van der Waals surface area contributed by atoms with Gasteiger partial charge in [0.1, 0.15) is 17.4 Å². The summed E-state index contributed by atoms with van der Waals surface area (Å²) in [6, 6.07) is 11.3. The lowest BCUT2D eigenvalue weighted by molar-refractivity contribution is -0.148.